The molecule has 2 unspecified atom stereocenters. The number of carbonyl (C=O) groups excluding carboxylic acids is 3. The van der Waals surface area contributed by atoms with Crippen LogP contribution in [0.3, 0.4) is 0 Å². The summed E-state index contributed by atoms with van der Waals surface area (Å²) >= 11 is 0. The summed E-state index contributed by atoms with van der Waals surface area (Å²) < 4.78 is 22.9. The van der Waals surface area contributed by atoms with Crippen LogP contribution in [0.2, 0.25) is 0 Å². The van der Waals surface area contributed by atoms with Gasteiger partial charge in [0.05, 0.1) is 40.3 Å². The van der Waals surface area contributed by atoms with Crippen molar-refractivity contribution < 1.29 is 42.9 Å². The van der Waals surface area contributed by atoms with Gasteiger partial charge < -0.3 is 33.3 Å². The summed E-state index contributed by atoms with van der Waals surface area (Å²) in [6, 6.07) is 0. The lowest BCUT2D eigenvalue weighted by molar-refractivity contribution is -0.870. The molecule has 0 radical (unpaired) electrons. The number of carboxylic acid groups (broad SMARTS) is 1. The molecule has 0 N–H and O–H groups in total. The van der Waals surface area contributed by atoms with Crippen LogP contribution in [0.25, 0.3) is 0 Å². The van der Waals surface area contributed by atoms with E-state index in [1.165, 1.54) is 289 Å². The van der Waals surface area contributed by atoms with Gasteiger partial charge in [-0.3, -0.25) is 9.59 Å². The Morgan fingerprint density at radius 3 is 0.859 bits per heavy atom. The van der Waals surface area contributed by atoms with E-state index in [1.807, 2.05) is 21.1 Å². The van der Waals surface area contributed by atoms with Crippen LogP contribution in [0.15, 0.2) is 97.2 Å². The predicted molar refractivity (Wildman–Crippen MR) is 426 cm³/mol. The highest BCUT2D eigenvalue weighted by Crippen LogP contribution is 2.20. The van der Waals surface area contributed by atoms with Crippen LogP contribution < -0.4 is 5.11 Å². The molecule has 0 spiro atoms. The van der Waals surface area contributed by atoms with Gasteiger partial charge in [0.1, 0.15) is 13.2 Å². The molecule has 99 heavy (non-hydrogen) atoms. The fourth-order valence-electron chi connectivity index (χ4n) is 12.4. The largest absolute Gasteiger partial charge is 0.545 e. The molecule has 0 amide bonds. The first-order valence-electron chi connectivity index (χ1n) is 42.4. The van der Waals surface area contributed by atoms with Gasteiger partial charge in [-0.05, 0) is 96.3 Å². The summed E-state index contributed by atoms with van der Waals surface area (Å²) in [6.07, 6.45) is 108. The van der Waals surface area contributed by atoms with Gasteiger partial charge in [0.2, 0.25) is 0 Å². The average Bonchev–Trinajstić information content (AvgIpc) is 1.57. The maximum Gasteiger partial charge on any atom is 0.306 e. The third-order valence-electron chi connectivity index (χ3n) is 18.8. The maximum absolute atomic E-state index is 13.0. The number of carboxylic acids is 1. The monoisotopic (exact) mass is 1380 g/mol. The summed E-state index contributed by atoms with van der Waals surface area (Å²) in [7, 11) is 5.95. The van der Waals surface area contributed by atoms with Gasteiger partial charge in [-0.15, -0.1) is 0 Å². The number of likely N-dealkylation sites (N-methyl/N-ethyl adjacent to an activating group) is 1. The van der Waals surface area contributed by atoms with Crippen LogP contribution in [-0.4, -0.2) is 82.3 Å². The third kappa shape index (κ3) is 81.4. The molecule has 0 aliphatic rings. The molecule has 0 aliphatic heterocycles. The van der Waals surface area contributed by atoms with E-state index >= 15 is 0 Å². The number of esters is 2. The van der Waals surface area contributed by atoms with Crippen LogP contribution >= 0.6 is 0 Å². The van der Waals surface area contributed by atoms with E-state index in [2.05, 4.69) is 111 Å². The highest BCUT2D eigenvalue weighted by atomic mass is 16.7. The van der Waals surface area contributed by atoms with E-state index in [1.54, 1.807) is 0 Å². The number of aliphatic carboxylic acids is 1. The summed E-state index contributed by atoms with van der Waals surface area (Å²) in [4.78, 5) is 37.7. The molecule has 9 nitrogen and oxygen atoms in total. The fourth-order valence-corrected chi connectivity index (χ4v) is 12.4. The van der Waals surface area contributed by atoms with Crippen molar-refractivity contribution in [2.45, 2.75) is 411 Å². The van der Waals surface area contributed by atoms with Crippen molar-refractivity contribution >= 4 is 17.9 Å². The summed E-state index contributed by atoms with van der Waals surface area (Å²) in [5.41, 5.74) is 0. The summed E-state index contributed by atoms with van der Waals surface area (Å²) in [5.74, 6) is -2.26. The molecule has 0 heterocycles. The Morgan fingerprint density at radius 2 is 0.576 bits per heavy atom. The van der Waals surface area contributed by atoms with Gasteiger partial charge in [0.15, 0.2) is 12.4 Å². The molecule has 0 aliphatic carbocycles. The third-order valence-corrected chi connectivity index (χ3v) is 18.8. The molecular formula is C90H161NO8. The highest BCUT2D eigenvalue weighted by Gasteiger charge is 2.22. The number of hydrogen-bond acceptors (Lipinski definition) is 8. The molecule has 0 saturated carbocycles. The van der Waals surface area contributed by atoms with Crippen LogP contribution in [0.1, 0.15) is 399 Å². The zero-order chi connectivity index (χ0) is 71.8. The molecule has 0 aromatic carbocycles. The number of rotatable bonds is 79. The van der Waals surface area contributed by atoms with E-state index in [0.717, 1.165) is 77.0 Å². The van der Waals surface area contributed by atoms with E-state index in [-0.39, 0.29) is 32.2 Å². The fraction of sp³-hybridized carbons (Fsp3) is 0.789. The van der Waals surface area contributed by atoms with Gasteiger partial charge in [0.25, 0.3) is 0 Å². The summed E-state index contributed by atoms with van der Waals surface area (Å²) in [6.45, 7) is 4.68. The summed E-state index contributed by atoms with van der Waals surface area (Å²) in [5, 5.41) is 11.9. The van der Waals surface area contributed by atoms with Crippen molar-refractivity contribution in [3.63, 3.8) is 0 Å². The lowest BCUT2D eigenvalue weighted by Crippen LogP contribution is -2.44. The highest BCUT2D eigenvalue weighted by molar-refractivity contribution is 5.70. The van der Waals surface area contributed by atoms with Crippen molar-refractivity contribution in [1.29, 1.82) is 0 Å². The number of carbonyl (C=O) groups is 3. The van der Waals surface area contributed by atoms with Crippen LogP contribution in [-0.2, 0) is 33.3 Å². The SMILES string of the molecule is CC/C=C\C/C=C\C/C=C\C/C=C\C/C=C\CCCCCCCCCCCCCCCCCCCC(=O)OC(COC(=O)CCCCCCCCCCCCCCCCCCCCCCCCCCCC/C=C\C/C=C\C/C=C\CCCCCCC)COC(OCC[N+](C)(C)C)C(=O)[O-]. The Hall–Kier alpha value is -3.79. The number of ether oxygens (including phenoxy) is 4. The minimum absolute atomic E-state index is 0.148. The Morgan fingerprint density at radius 1 is 0.313 bits per heavy atom. The Labute approximate surface area is 613 Å². The van der Waals surface area contributed by atoms with Crippen molar-refractivity contribution in [3.8, 4) is 0 Å². The first-order valence-corrected chi connectivity index (χ1v) is 42.4. The molecule has 0 rings (SSSR count). The standard InChI is InChI=1S/C90H161NO8/c1-6-8-10-12-14-16-18-20-22-24-26-28-30-32-34-36-38-40-41-42-43-44-45-46-47-49-50-52-54-56-58-60-62-64-66-68-70-72-74-76-78-80-87(92)97-84-86(85-98-90(89(94)95)96-83-82-91(3,4)5)99-88(93)81-79-77-75-73-71-69-67-65-63-61-59-57-55-53-51-48-39-37-35-33-31-29-27-25-23-21-19-17-15-13-11-9-7-2/h9,11,15,17-18,20-21,23-24,26-27,29-30,32-33,35,86,90H,6-8,10,12-14,16,19,22,25,28,31,34,36-85H2,1-5H3/b11-9-,17-15-,20-18-,23-21-,26-24-,29-27-,32-30-,35-33-. The first kappa shape index (κ1) is 95.2. The normalized spacial score (nSPS) is 13.1. The molecule has 0 aromatic rings. The molecule has 0 saturated heterocycles. The molecular weight excluding hydrogens is 1220 g/mol. The van der Waals surface area contributed by atoms with E-state index in [4.69, 9.17) is 18.9 Å². The smallest absolute Gasteiger partial charge is 0.306 e. The second kappa shape index (κ2) is 79.9. The molecule has 2 atom stereocenters. The van der Waals surface area contributed by atoms with Gasteiger partial charge in [-0.1, -0.05) is 387 Å². The predicted octanol–water partition coefficient (Wildman–Crippen LogP) is 26.2. The van der Waals surface area contributed by atoms with E-state index in [9.17, 15) is 19.5 Å². The average molecular weight is 1390 g/mol. The lowest BCUT2D eigenvalue weighted by Gasteiger charge is -2.26. The van der Waals surface area contributed by atoms with Crippen molar-refractivity contribution in [3.05, 3.63) is 97.2 Å². The number of quaternary nitrogens is 1. The second-order valence-electron chi connectivity index (χ2n) is 29.7. The van der Waals surface area contributed by atoms with E-state index in [0.29, 0.717) is 23.9 Å². The molecule has 0 aromatic heterocycles. The maximum atomic E-state index is 13.0. The Kier molecular flexibility index (Phi) is 76.8. The number of hydrogen-bond donors (Lipinski definition) is 0. The second-order valence-corrected chi connectivity index (χ2v) is 29.7. The lowest BCUT2D eigenvalue weighted by atomic mass is 10.0. The van der Waals surface area contributed by atoms with Crippen LogP contribution in [0.4, 0.5) is 0 Å². The minimum Gasteiger partial charge on any atom is -0.545 e. The van der Waals surface area contributed by atoms with Gasteiger partial charge in [-0.25, -0.2) is 0 Å². The Balaban J connectivity index is 3.95. The van der Waals surface area contributed by atoms with Gasteiger partial charge >= 0.3 is 11.9 Å². The van der Waals surface area contributed by atoms with Crippen LogP contribution in [0.5, 0.6) is 0 Å². The quantitative estimate of drug-likeness (QED) is 0.0195. The van der Waals surface area contributed by atoms with Crippen molar-refractivity contribution in [2.24, 2.45) is 0 Å². The van der Waals surface area contributed by atoms with Gasteiger partial charge in [0, 0.05) is 12.8 Å². The first-order chi connectivity index (χ1) is 48.6. The Bertz CT molecular complexity index is 1960. The van der Waals surface area contributed by atoms with Crippen molar-refractivity contribution in [2.75, 3.05) is 47.5 Å². The van der Waals surface area contributed by atoms with Crippen molar-refractivity contribution in [1.82, 2.24) is 0 Å². The number of unbranched alkanes of at least 4 members (excludes halogenated alkanes) is 48. The molecule has 574 valence electrons. The number of nitrogens with zero attached hydrogens (tertiary/aromatic N) is 1. The number of allylic oxidation sites excluding steroid dienone is 16. The zero-order valence-corrected chi connectivity index (χ0v) is 65.9. The van der Waals surface area contributed by atoms with Gasteiger partial charge in [-0.2, -0.15) is 0 Å². The van der Waals surface area contributed by atoms with E-state index < -0.39 is 24.3 Å². The minimum atomic E-state index is -1.62. The topological polar surface area (TPSA) is 111 Å². The molecule has 0 fully saturated rings. The van der Waals surface area contributed by atoms with Crippen LogP contribution in [0, 0.1) is 0 Å². The zero-order valence-electron chi connectivity index (χ0n) is 65.9. The molecule has 9 heteroatoms. The molecule has 0 bridgehead atoms.